The van der Waals surface area contributed by atoms with Gasteiger partial charge in [-0.25, -0.2) is 0 Å². The summed E-state index contributed by atoms with van der Waals surface area (Å²) in [4.78, 5) is 16.9. The van der Waals surface area contributed by atoms with Gasteiger partial charge in [0.05, 0.1) is 0 Å². The average molecular weight is 288 g/mol. The molecule has 0 saturated heterocycles. The van der Waals surface area contributed by atoms with Crippen molar-refractivity contribution in [2.24, 2.45) is 0 Å². The molecule has 3 heteroatoms. The number of benzene rings is 1. The van der Waals surface area contributed by atoms with Gasteiger partial charge in [-0.1, -0.05) is 29.8 Å². The summed E-state index contributed by atoms with van der Waals surface area (Å²) >= 11 is 0. The number of ketones is 1. The molecule has 0 heterocycles. The molecule has 1 fully saturated rings. The molecule has 2 rings (SSSR count). The molecule has 1 aromatic rings. The van der Waals surface area contributed by atoms with Gasteiger partial charge in [-0.2, -0.15) is 0 Å². The molecule has 1 aromatic carbocycles. The Morgan fingerprint density at radius 3 is 2.24 bits per heavy atom. The standard InChI is InChI=1S/C18H28N2O/c1-15-6-8-16(9-7-15)17(21)10-13-20(4)14-18(19(2)3)11-5-12-18/h6-9H,5,10-14H2,1-4H3. The molecule has 0 spiro atoms. The fraction of sp³-hybridized carbons (Fsp3) is 0.611. The molecule has 0 aliphatic heterocycles. The first-order valence-electron chi connectivity index (χ1n) is 7.89. The van der Waals surface area contributed by atoms with Crippen LogP contribution in [0.25, 0.3) is 0 Å². The van der Waals surface area contributed by atoms with Crippen molar-refractivity contribution in [3.63, 3.8) is 0 Å². The molecule has 0 bridgehead atoms. The predicted octanol–water partition coefficient (Wildman–Crippen LogP) is 2.98. The lowest BCUT2D eigenvalue weighted by molar-refractivity contribution is 0.0276. The maximum Gasteiger partial charge on any atom is 0.164 e. The van der Waals surface area contributed by atoms with Crippen molar-refractivity contribution in [3.05, 3.63) is 35.4 Å². The quantitative estimate of drug-likeness (QED) is 0.721. The first kappa shape index (κ1) is 16.2. The summed E-state index contributed by atoms with van der Waals surface area (Å²) in [7, 11) is 6.47. The number of likely N-dealkylation sites (N-methyl/N-ethyl adjacent to an activating group) is 2. The highest BCUT2D eigenvalue weighted by atomic mass is 16.1. The minimum absolute atomic E-state index is 0.245. The number of hydrogen-bond acceptors (Lipinski definition) is 3. The summed E-state index contributed by atoms with van der Waals surface area (Å²) < 4.78 is 0. The summed E-state index contributed by atoms with van der Waals surface area (Å²) in [5.41, 5.74) is 2.36. The van der Waals surface area contributed by atoms with Gasteiger partial charge >= 0.3 is 0 Å². The number of hydrogen-bond donors (Lipinski definition) is 0. The Kier molecular flexibility index (Phi) is 5.17. The van der Waals surface area contributed by atoms with Crippen molar-refractivity contribution in [1.29, 1.82) is 0 Å². The molecule has 0 aromatic heterocycles. The Labute approximate surface area is 128 Å². The van der Waals surface area contributed by atoms with Gasteiger partial charge in [0.1, 0.15) is 0 Å². The Hall–Kier alpha value is -1.19. The molecule has 0 atom stereocenters. The van der Waals surface area contributed by atoms with E-state index in [9.17, 15) is 4.79 Å². The normalized spacial score (nSPS) is 17.0. The van der Waals surface area contributed by atoms with E-state index in [0.717, 1.165) is 18.7 Å². The molecule has 1 saturated carbocycles. The molecular weight excluding hydrogens is 260 g/mol. The summed E-state index contributed by atoms with van der Waals surface area (Å²) in [5.74, 6) is 0.245. The second-order valence-corrected chi connectivity index (χ2v) is 6.75. The van der Waals surface area contributed by atoms with Gasteiger partial charge in [-0.05, 0) is 47.3 Å². The molecule has 3 nitrogen and oxygen atoms in total. The van der Waals surface area contributed by atoms with Crippen molar-refractivity contribution in [2.45, 2.75) is 38.1 Å². The number of carbonyl (C=O) groups excluding carboxylic acids is 1. The third-order valence-electron chi connectivity index (χ3n) is 4.89. The monoisotopic (exact) mass is 288 g/mol. The van der Waals surface area contributed by atoms with E-state index < -0.39 is 0 Å². The van der Waals surface area contributed by atoms with Gasteiger partial charge in [0.2, 0.25) is 0 Å². The molecule has 0 amide bonds. The molecule has 1 aliphatic carbocycles. The third kappa shape index (κ3) is 3.92. The third-order valence-corrected chi connectivity index (χ3v) is 4.89. The molecule has 0 unspecified atom stereocenters. The van der Waals surface area contributed by atoms with Crippen molar-refractivity contribution in [1.82, 2.24) is 9.80 Å². The summed E-state index contributed by atoms with van der Waals surface area (Å²) in [6.45, 7) is 3.94. The first-order chi connectivity index (χ1) is 9.93. The smallest absolute Gasteiger partial charge is 0.164 e. The van der Waals surface area contributed by atoms with Crippen molar-refractivity contribution in [2.75, 3.05) is 34.2 Å². The Morgan fingerprint density at radius 2 is 1.76 bits per heavy atom. The van der Waals surface area contributed by atoms with Crippen LogP contribution in [0.2, 0.25) is 0 Å². The van der Waals surface area contributed by atoms with Crippen LogP contribution in [0.5, 0.6) is 0 Å². The highest BCUT2D eigenvalue weighted by Gasteiger charge is 2.39. The van der Waals surface area contributed by atoms with Gasteiger partial charge in [-0.3, -0.25) is 4.79 Å². The van der Waals surface area contributed by atoms with Crippen molar-refractivity contribution >= 4 is 5.78 Å². The van der Waals surface area contributed by atoms with Gasteiger partial charge < -0.3 is 9.80 Å². The van der Waals surface area contributed by atoms with Gasteiger partial charge in [0.25, 0.3) is 0 Å². The summed E-state index contributed by atoms with van der Waals surface area (Å²) in [6.07, 6.45) is 4.48. The van der Waals surface area contributed by atoms with Crippen LogP contribution in [0.1, 0.15) is 41.6 Å². The number of aryl methyl sites for hydroxylation is 1. The minimum Gasteiger partial charge on any atom is -0.304 e. The van der Waals surface area contributed by atoms with Crippen LogP contribution in [0, 0.1) is 6.92 Å². The van der Waals surface area contributed by atoms with Crippen LogP contribution >= 0.6 is 0 Å². The lowest BCUT2D eigenvalue weighted by Crippen LogP contribution is -2.56. The lowest BCUT2D eigenvalue weighted by atomic mass is 9.75. The molecular formula is C18H28N2O. The lowest BCUT2D eigenvalue weighted by Gasteiger charge is -2.49. The van der Waals surface area contributed by atoms with E-state index in [-0.39, 0.29) is 5.78 Å². The summed E-state index contributed by atoms with van der Waals surface area (Å²) in [6, 6.07) is 7.88. The zero-order valence-corrected chi connectivity index (χ0v) is 13.9. The molecule has 116 valence electrons. The topological polar surface area (TPSA) is 23.6 Å². The van der Waals surface area contributed by atoms with Crippen LogP contribution in [0.3, 0.4) is 0 Å². The zero-order chi connectivity index (χ0) is 15.5. The van der Waals surface area contributed by atoms with Crippen LogP contribution in [-0.4, -0.2) is 55.4 Å². The Balaban J connectivity index is 1.82. The van der Waals surface area contributed by atoms with Gasteiger partial charge in [0.15, 0.2) is 5.78 Å². The Bertz CT molecular complexity index is 474. The number of carbonyl (C=O) groups is 1. The molecule has 21 heavy (non-hydrogen) atoms. The molecule has 0 radical (unpaired) electrons. The van der Waals surface area contributed by atoms with Crippen LogP contribution in [-0.2, 0) is 0 Å². The highest BCUT2D eigenvalue weighted by Crippen LogP contribution is 2.36. The van der Waals surface area contributed by atoms with E-state index in [2.05, 4.69) is 30.9 Å². The van der Waals surface area contributed by atoms with E-state index in [1.807, 2.05) is 31.2 Å². The van der Waals surface area contributed by atoms with E-state index in [4.69, 9.17) is 0 Å². The van der Waals surface area contributed by atoms with E-state index >= 15 is 0 Å². The SMILES string of the molecule is Cc1ccc(C(=O)CCN(C)CC2(N(C)C)CCC2)cc1. The van der Waals surface area contributed by atoms with Crippen LogP contribution in [0.4, 0.5) is 0 Å². The van der Waals surface area contributed by atoms with Crippen molar-refractivity contribution < 1.29 is 4.79 Å². The van der Waals surface area contributed by atoms with Gasteiger partial charge in [-0.15, -0.1) is 0 Å². The maximum absolute atomic E-state index is 12.2. The average Bonchev–Trinajstić information content (AvgIpc) is 2.40. The first-order valence-corrected chi connectivity index (χ1v) is 7.89. The fourth-order valence-corrected chi connectivity index (χ4v) is 3.09. The van der Waals surface area contributed by atoms with E-state index in [1.165, 1.54) is 24.8 Å². The zero-order valence-electron chi connectivity index (χ0n) is 13.9. The highest BCUT2D eigenvalue weighted by molar-refractivity contribution is 5.96. The number of rotatable bonds is 7. The van der Waals surface area contributed by atoms with E-state index in [1.54, 1.807) is 0 Å². The Morgan fingerprint density at radius 1 is 1.14 bits per heavy atom. The maximum atomic E-state index is 12.2. The second kappa shape index (κ2) is 6.71. The van der Waals surface area contributed by atoms with Crippen molar-refractivity contribution in [3.8, 4) is 0 Å². The molecule has 1 aliphatic rings. The van der Waals surface area contributed by atoms with E-state index in [0.29, 0.717) is 12.0 Å². The van der Waals surface area contributed by atoms with Gasteiger partial charge in [0, 0.05) is 30.6 Å². The summed E-state index contributed by atoms with van der Waals surface area (Å²) in [5, 5.41) is 0. The largest absolute Gasteiger partial charge is 0.304 e. The second-order valence-electron chi connectivity index (χ2n) is 6.75. The minimum atomic E-state index is 0.245. The van der Waals surface area contributed by atoms with Crippen LogP contribution < -0.4 is 0 Å². The fourth-order valence-electron chi connectivity index (χ4n) is 3.09. The number of Topliss-reactive ketones (excluding diaryl/α,β-unsaturated/α-hetero) is 1. The molecule has 0 N–H and O–H groups in total. The predicted molar refractivity (Wildman–Crippen MR) is 87.9 cm³/mol. The van der Waals surface area contributed by atoms with Crippen LogP contribution in [0.15, 0.2) is 24.3 Å². The number of nitrogens with zero attached hydrogens (tertiary/aromatic N) is 2.